The van der Waals surface area contributed by atoms with Gasteiger partial charge in [0.15, 0.2) is 0 Å². The highest BCUT2D eigenvalue weighted by atomic mass is 19.4. The fourth-order valence-corrected chi connectivity index (χ4v) is 0.908. The maximum Gasteiger partial charge on any atom is 0.640 e. The first-order valence-electron chi connectivity index (χ1n) is 6.22. The molecule has 28 heavy (non-hydrogen) atoms. The SMILES string of the molecule is FC(F)(F)C(F)(F)COB(OCC(F)(F)C(F)(F)F)OCC(F)(F)C(F)(F)F. The molecule has 168 valence electrons. The molecule has 0 amide bonds. The van der Waals surface area contributed by atoms with Gasteiger partial charge in [-0.1, -0.05) is 0 Å². The van der Waals surface area contributed by atoms with Gasteiger partial charge in [-0.2, -0.15) is 65.9 Å². The van der Waals surface area contributed by atoms with E-state index in [-0.39, 0.29) is 0 Å². The Morgan fingerprint density at radius 2 is 0.571 bits per heavy atom. The van der Waals surface area contributed by atoms with Gasteiger partial charge in [0.25, 0.3) is 0 Å². The van der Waals surface area contributed by atoms with Crippen LogP contribution in [-0.4, -0.2) is 63.4 Å². The zero-order chi connectivity index (χ0) is 22.8. The van der Waals surface area contributed by atoms with E-state index in [1.54, 1.807) is 0 Å². The Balaban J connectivity index is 5.23. The lowest BCUT2D eigenvalue weighted by Gasteiger charge is -2.25. The molecular formula is C9H6BF15O3. The molecule has 0 saturated heterocycles. The van der Waals surface area contributed by atoms with E-state index < -0.39 is 63.4 Å². The Morgan fingerprint density at radius 3 is 0.714 bits per heavy atom. The van der Waals surface area contributed by atoms with E-state index in [9.17, 15) is 65.9 Å². The summed E-state index contributed by atoms with van der Waals surface area (Å²) < 4.78 is 193. The van der Waals surface area contributed by atoms with Crippen LogP contribution in [0, 0.1) is 0 Å². The van der Waals surface area contributed by atoms with Gasteiger partial charge in [-0.15, -0.1) is 0 Å². The van der Waals surface area contributed by atoms with Gasteiger partial charge >= 0.3 is 43.6 Å². The quantitative estimate of drug-likeness (QED) is 0.374. The van der Waals surface area contributed by atoms with Crippen LogP contribution >= 0.6 is 0 Å². The first-order chi connectivity index (χ1) is 12.0. The maximum atomic E-state index is 12.6. The van der Waals surface area contributed by atoms with E-state index in [1.807, 2.05) is 0 Å². The molecule has 0 aliphatic carbocycles. The number of hydrogen-bond acceptors (Lipinski definition) is 3. The zero-order valence-electron chi connectivity index (χ0n) is 12.6. The second-order valence-corrected chi connectivity index (χ2v) is 4.83. The minimum atomic E-state index is -6.36. The van der Waals surface area contributed by atoms with Crippen LogP contribution in [0.15, 0.2) is 0 Å². The average molecular weight is 458 g/mol. The van der Waals surface area contributed by atoms with E-state index in [2.05, 4.69) is 14.0 Å². The van der Waals surface area contributed by atoms with Crippen LogP contribution in [0.3, 0.4) is 0 Å². The van der Waals surface area contributed by atoms with E-state index in [1.165, 1.54) is 0 Å². The van der Waals surface area contributed by atoms with Crippen LogP contribution in [-0.2, 0) is 14.0 Å². The summed E-state index contributed by atoms with van der Waals surface area (Å²) in [6.07, 6.45) is -19.1. The first-order valence-corrected chi connectivity index (χ1v) is 6.22. The van der Waals surface area contributed by atoms with Crippen molar-refractivity contribution in [2.75, 3.05) is 19.8 Å². The molecule has 0 aliphatic heterocycles. The molecule has 0 atom stereocenters. The van der Waals surface area contributed by atoms with Crippen LogP contribution in [0.25, 0.3) is 0 Å². The molecule has 0 N–H and O–H groups in total. The lowest BCUT2D eigenvalue weighted by molar-refractivity contribution is -0.302. The predicted molar refractivity (Wildman–Crippen MR) is 56.6 cm³/mol. The number of hydrogen-bond donors (Lipinski definition) is 0. The monoisotopic (exact) mass is 458 g/mol. The van der Waals surface area contributed by atoms with Gasteiger partial charge < -0.3 is 14.0 Å². The summed E-state index contributed by atoms with van der Waals surface area (Å²) >= 11 is 0. The third-order valence-electron chi connectivity index (χ3n) is 2.45. The summed E-state index contributed by atoms with van der Waals surface area (Å²) in [4.78, 5) is 0. The van der Waals surface area contributed by atoms with Crippen molar-refractivity contribution in [3.8, 4) is 0 Å². The fraction of sp³-hybridized carbons (Fsp3) is 1.00. The Morgan fingerprint density at radius 1 is 0.393 bits per heavy atom. The zero-order valence-corrected chi connectivity index (χ0v) is 12.6. The van der Waals surface area contributed by atoms with Crippen LogP contribution in [0.1, 0.15) is 0 Å². The van der Waals surface area contributed by atoms with E-state index >= 15 is 0 Å². The van der Waals surface area contributed by atoms with Crippen LogP contribution < -0.4 is 0 Å². The molecular weight excluding hydrogens is 452 g/mol. The predicted octanol–water partition coefficient (Wildman–Crippen LogP) is 4.61. The average Bonchev–Trinajstić information content (AvgIpc) is 2.42. The van der Waals surface area contributed by atoms with Crippen LogP contribution in [0.5, 0.6) is 0 Å². The second-order valence-electron chi connectivity index (χ2n) is 4.83. The molecule has 0 rings (SSSR count). The Kier molecular flexibility index (Phi) is 8.00. The molecule has 0 spiro atoms. The summed E-state index contributed by atoms with van der Waals surface area (Å²) in [5, 5.41) is 0. The number of rotatable bonds is 9. The lowest BCUT2D eigenvalue weighted by atomic mass is 10.2. The van der Waals surface area contributed by atoms with Crippen LogP contribution in [0.4, 0.5) is 65.9 Å². The van der Waals surface area contributed by atoms with Gasteiger partial charge in [-0.3, -0.25) is 0 Å². The van der Waals surface area contributed by atoms with Crippen molar-refractivity contribution in [1.82, 2.24) is 0 Å². The van der Waals surface area contributed by atoms with Crippen molar-refractivity contribution in [2.24, 2.45) is 0 Å². The molecule has 0 radical (unpaired) electrons. The highest BCUT2D eigenvalue weighted by Crippen LogP contribution is 2.38. The molecule has 3 nitrogen and oxygen atoms in total. The summed E-state index contributed by atoms with van der Waals surface area (Å²) in [6, 6.07) is 0. The lowest BCUT2D eigenvalue weighted by Crippen LogP contribution is -2.48. The molecule has 0 fully saturated rings. The Bertz CT molecular complexity index is 425. The Labute approximate surface area is 144 Å². The van der Waals surface area contributed by atoms with E-state index in [0.29, 0.717) is 0 Å². The molecule has 0 unspecified atom stereocenters. The molecule has 0 aromatic heterocycles. The maximum absolute atomic E-state index is 12.6. The van der Waals surface area contributed by atoms with Gasteiger partial charge in [-0.05, 0) is 0 Å². The molecule has 0 aromatic carbocycles. The van der Waals surface area contributed by atoms with Crippen molar-refractivity contribution < 1.29 is 79.8 Å². The molecule has 0 bridgehead atoms. The minimum absolute atomic E-state index is 2.92. The standard InChI is InChI=1S/C9H6BF15O3/c11-4(12,7(17,18)19)1-26-10(27-2-5(13,14)8(20,21)22)28-3-6(15,16)9(23,24)25/h1-3H2. The van der Waals surface area contributed by atoms with Crippen molar-refractivity contribution in [1.29, 1.82) is 0 Å². The highest BCUT2D eigenvalue weighted by molar-refractivity contribution is 6.36. The highest BCUT2D eigenvalue weighted by Gasteiger charge is 2.61. The molecule has 0 aliphatic rings. The molecule has 0 aromatic rings. The van der Waals surface area contributed by atoms with Crippen molar-refractivity contribution >= 4 is 7.32 Å². The number of halogens is 15. The van der Waals surface area contributed by atoms with Gasteiger partial charge in [0.2, 0.25) is 0 Å². The summed E-state index contributed by atoms with van der Waals surface area (Å²) in [5.41, 5.74) is 0. The third-order valence-corrected chi connectivity index (χ3v) is 2.45. The largest absolute Gasteiger partial charge is 0.640 e. The first kappa shape index (κ1) is 26.9. The minimum Gasteiger partial charge on any atom is -0.379 e. The molecule has 19 heteroatoms. The van der Waals surface area contributed by atoms with Gasteiger partial charge in [-0.25, -0.2) is 0 Å². The normalized spacial score (nSPS) is 15.1. The van der Waals surface area contributed by atoms with Gasteiger partial charge in [0.1, 0.15) is 19.8 Å². The molecule has 0 heterocycles. The summed E-state index contributed by atoms with van der Waals surface area (Å²) in [7, 11) is -3.59. The fourth-order valence-electron chi connectivity index (χ4n) is 0.908. The summed E-state index contributed by atoms with van der Waals surface area (Å²) in [5.74, 6) is -17.4. The van der Waals surface area contributed by atoms with E-state index in [0.717, 1.165) is 0 Å². The molecule has 0 saturated carbocycles. The third kappa shape index (κ3) is 7.38. The smallest absolute Gasteiger partial charge is 0.379 e. The van der Waals surface area contributed by atoms with E-state index in [4.69, 9.17) is 0 Å². The van der Waals surface area contributed by atoms with Gasteiger partial charge in [0, 0.05) is 0 Å². The van der Waals surface area contributed by atoms with Gasteiger partial charge in [0.05, 0.1) is 0 Å². The van der Waals surface area contributed by atoms with Crippen LogP contribution in [0.2, 0.25) is 0 Å². The van der Waals surface area contributed by atoms with Crippen molar-refractivity contribution in [2.45, 2.75) is 36.3 Å². The topological polar surface area (TPSA) is 27.7 Å². The second kappa shape index (κ2) is 8.33. The number of alkyl halides is 15. The Hall–Kier alpha value is -1.11. The van der Waals surface area contributed by atoms with Crippen molar-refractivity contribution in [3.63, 3.8) is 0 Å². The summed E-state index contributed by atoms with van der Waals surface area (Å²) in [6.45, 7) is -8.76. The van der Waals surface area contributed by atoms with Crippen molar-refractivity contribution in [3.05, 3.63) is 0 Å².